The number of amides is 1. The summed E-state index contributed by atoms with van der Waals surface area (Å²) >= 11 is 1.73. The van der Waals surface area contributed by atoms with Crippen molar-refractivity contribution in [2.24, 2.45) is 0 Å². The van der Waals surface area contributed by atoms with Crippen LogP contribution in [0.5, 0.6) is 11.5 Å². The van der Waals surface area contributed by atoms with E-state index < -0.39 is 0 Å². The Bertz CT molecular complexity index is 1000. The van der Waals surface area contributed by atoms with Crippen LogP contribution in [0, 0.1) is 0 Å². The lowest BCUT2D eigenvalue weighted by molar-refractivity contribution is 0.0950. The fourth-order valence-electron chi connectivity index (χ4n) is 3.86. The maximum absolute atomic E-state index is 12.8. The second-order valence-electron chi connectivity index (χ2n) is 6.88. The molecular formula is C22H20N2O3S. The second kappa shape index (κ2) is 7.20. The van der Waals surface area contributed by atoms with Crippen molar-refractivity contribution in [2.45, 2.75) is 12.5 Å². The van der Waals surface area contributed by atoms with Crippen LogP contribution in [0.3, 0.4) is 0 Å². The maximum Gasteiger partial charge on any atom is 0.251 e. The van der Waals surface area contributed by atoms with Crippen molar-refractivity contribution in [1.82, 2.24) is 5.32 Å². The van der Waals surface area contributed by atoms with E-state index in [4.69, 9.17) is 9.47 Å². The molecule has 3 aromatic rings. The third-order valence-corrected chi connectivity index (χ3v) is 6.24. The second-order valence-corrected chi connectivity index (χ2v) is 7.86. The first-order chi connectivity index (χ1) is 13.8. The van der Waals surface area contributed by atoms with Gasteiger partial charge in [-0.05, 0) is 47.7 Å². The summed E-state index contributed by atoms with van der Waals surface area (Å²) in [5.74, 6) is 1.20. The van der Waals surface area contributed by atoms with Gasteiger partial charge in [0.2, 0.25) is 6.79 Å². The molecule has 6 heteroatoms. The molecule has 3 heterocycles. The van der Waals surface area contributed by atoms with E-state index in [1.165, 1.54) is 16.1 Å². The van der Waals surface area contributed by atoms with Crippen LogP contribution in [0.15, 0.2) is 60.0 Å². The van der Waals surface area contributed by atoms with Crippen molar-refractivity contribution >= 4 is 22.9 Å². The highest BCUT2D eigenvalue weighted by Gasteiger charge is 2.28. The van der Waals surface area contributed by atoms with Gasteiger partial charge in [-0.3, -0.25) is 4.79 Å². The highest BCUT2D eigenvalue weighted by molar-refractivity contribution is 7.10. The van der Waals surface area contributed by atoms with Gasteiger partial charge in [0.05, 0.1) is 6.04 Å². The van der Waals surface area contributed by atoms with E-state index in [1.54, 1.807) is 29.5 Å². The molecule has 5 nitrogen and oxygen atoms in total. The third-order valence-electron chi connectivity index (χ3n) is 5.26. The molecule has 0 unspecified atom stereocenters. The lowest BCUT2D eigenvalue weighted by atomic mass is 10.1. The van der Waals surface area contributed by atoms with E-state index in [1.807, 2.05) is 0 Å². The molecule has 28 heavy (non-hydrogen) atoms. The van der Waals surface area contributed by atoms with Crippen LogP contribution in [-0.4, -0.2) is 25.8 Å². The van der Waals surface area contributed by atoms with E-state index >= 15 is 0 Å². The Morgan fingerprint density at radius 2 is 2.00 bits per heavy atom. The largest absolute Gasteiger partial charge is 0.454 e. The average molecular weight is 392 g/mol. The number of para-hydroxylation sites is 1. The van der Waals surface area contributed by atoms with E-state index in [9.17, 15) is 4.79 Å². The molecular weight excluding hydrogens is 372 g/mol. The first-order valence-electron chi connectivity index (χ1n) is 9.35. The summed E-state index contributed by atoms with van der Waals surface area (Å²) < 4.78 is 10.7. The molecule has 2 aliphatic rings. The minimum Gasteiger partial charge on any atom is -0.454 e. The van der Waals surface area contributed by atoms with Gasteiger partial charge >= 0.3 is 0 Å². The molecule has 0 spiro atoms. The predicted octanol–water partition coefficient (Wildman–Crippen LogP) is 4.01. The number of carbonyl (C=O) groups is 1. The van der Waals surface area contributed by atoms with Crippen LogP contribution in [-0.2, 0) is 6.42 Å². The number of nitrogens with zero attached hydrogens (tertiary/aromatic N) is 1. The first kappa shape index (κ1) is 17.1. The zero-order valence-electron chi connectivity index (χ0n) is 15.3. The van der Waals surface area contributed by atoms with Gasteiger partial charge in [0.1, 0.15) is 0 Å². The highest BCUT2D eigenvalue weighted by atomic mass is 32.1. The molecule has 2 aliphatic heterocycles. The minimum atomic E-state index is -0.104. The van der Waals surface area contributed by atoms with Gasteiger partial charge in [0.25, 0.3) is 5.91 Å². The van der Waals surface area contributed by atoms with Gasteiger partial charge in [-0.1, -0.05) is 24.3 Å². The monoisotopic (exact) mass is 392 g/mol. The van der Waals surface area contributed by atoms with E-state index in [0.717, 1.165) is 13.0 Å². The number of ether oxygens (including phenoxy) is 2. The molecule has 1 atom stereocenters. The highest BCUT2D eigenvalue weighted by Crippen LogP contribution is 2.36. The Kier molecular flexibility index (Phi) is 4.41. The van der Waals surface area contributed by atoms with Crippen molar-refractivity contribution in [3.63, 3.8) is 0 Å². The Labute approximate surface area is 167 Å². The van der Waals surface area contributed by atoms with E-state index in [0.29, 0.717) is 23.6 Å². The number of nitrogens with one attached hydrogen (secondary N) is 1. The minimum absolute atomic E-state index is 0.104. The number of benzene rings is 2. The number of anilines is 1. The first-order valence-corrected chi connectivity index (χ1v) is 10.2. The van der Waals surface area contributed by atoms with Gasteiger partial charge in [0.15, 0.2) is 11.5 Å². The zero-order chi connectivity index (χ0) is 18.9. The molecule has 0 bridgehead atoms. The van der Waals surface area contributed by atoms with Gasteiger partial charge < -0.3 is 19.7 Å². The molecule has 1 amide bonds. The van der Waals surface area contributed by atoms with Crippen molar-refractivity contribution in [1.29, 1.82) is 0 Å². The molecule has 0 saturated heterocycles. The summed E-state index contributed by atoms with van der Waals surface area (Å²) in [6.45, 7) is 1.71. The fraction of sp³-hybridized carbons (Fsp3) is 0.227. The lowest BCUT2D eigenvalue weighted by Crippen LogP contribution is -2.37. The van der Waals surface area contributed by atoms with E-state index in [-0.39, 0.29) is 18.7 Å². The number of hydrogen-bond acceptors (Lipinski definition) is 5. The van der Waals surface area contributed by atoms with Crippen molar-refractivity contribution in [3.05, 3.63) is 76.0 Å². The van der Waals surface area contributed by atoms with Crippen LogP contribution >= 0.6 is 11.3 Å². The molecule has 1 N–H and O–H groups in total. The van der Waals surface area contributed by atoms with Crippen LogP contribution in [0.2, 0.25) is 0 Å². The summed E-state index contributed by atoms with van der Waals surface area (Å²) in [6.07, 6.45) is 1.04. The number of fused-ring (bicyclic) bond motifs is 2. The normalized spacial score (nSPS) is 15.4. The molecule has 5 rings (SSSR count). The van der Waals surface area contributed by atoms with Gasteiger partial charge in [-0.2, -0.15) is 0 Å². The third kappa shape index (κ3) is 3.10. The van der Waals surface area contributed by atoms with Crippen LogP contribution in [0.1, 0.15) is 26.8 Å². The quantitative estimate of drug-likeness (QED) is 0.713. The van der Waals surface area contributed by atoms with Crippen molar-refractivity contribution in [2.75, 3.05) is 24.8 Å². The summed E-state index contributed by atoms with van der Waals surface area (Å²) in [6, 6.07) is 18.1. The zero-order valence-corrected chi connectivity index (χ0v) is 16.1. The molecule has 0 radical (unpaired) electrons. The van der Waals surface area contributed by atoms with E-state index in [2.05, 4.69) is 52.0 Å². The summed E-state index contributed by atoms with van der Waals surface area (Å²) in [5.41, 5.74) is 3.21. The predicted molar refractivity (Wildman–Crippen MR) is 109 cm³/mol. The van der Waals surface area contributed by atoms with Crippen LogP contribution < -0.4 is 19.7 Å². The van der Waals surface area contributed by atoms with Crippen molar-refractivity contribution < 1.29 is 14.3 Å². The number of carbonyl (C=O) groups excluding carboxylic acids is 1. The maximum atomic E-state index is 12.8. The molecule has 2 aromatic carbocycles. The Hall–Kier alpha value is -2.99. The number of thiophene rings is 1. The van der Waals surface area contributed by atoms with Gasteiger partial charge in [0, 0.05) is 29.2 Å². The molecule has 142 valence electrons. The van der Waals surface area contributed by atoms with Crippen molar-refractivity contribution in [3.8, 4) is 11.5 Å². The summed E-state index contributed by atoms with van der Waals surface area (Å²) in [7, 11) is 0. The number of rotatable bonds is 5. The molecule has 0 fully saturated rings. The Morgan fingerprint density at radius 3 is 2.89 bits per heavy atom. The van der Waals surface area contributed by atoms with Gasteiger partial charge in [-0.25, -0.2) is 0 Å². The SMILES string of the molecule is O=C(NC[C@@H](c1cccs1)N1CCc2ccccc21)c1ccc2c(c1)OCO2. The summed E-state index contributed by atoms with van der Waals surface area (Å²) in [5, 5.41) is 5.20. The topological polar surface area (TPSA) is 50.8 Å². The lowest BCUT2D eigenvalue weighted by Gasteiger charge is -2.30. The Morgan fingerprint density at radius 1 is 1.11 bits per heavy atom. The smallest absolute Gasteiger partial charge is 0.251 e. The molecule has 0 saturated carbocycles. The number of hydrogen-bond donors (Lipinski definition) is 1. The van der Waals surface area contributed by atoms with Crippen LogP contribution in [0.25, 0.3) is 0 Å². The molecule has 0 aliphatic carbocycles. The summed E-state index contributed by atoms with van der Waals surface area (Å²) in [4.78, 5) is 16.4. The standard InChI is InChI=1S/C22H20N2O3S/c25-22(16-7-8-19-20(12-16)27-14-26-19)23-13-18(21-6-3-11-28-21)24-10-9-15-4-1-2-5-17(15)24/h1-8,11-12,18H,9-10,13-14H2,(H,23,25)/t18-/m0/s1. The fourth-order valence-corrected chi connectivity index (χ4v) is 4.70. The average Bonchev–Trinajstić information content (AvgIpc) is 3.48. The van der Waals surface area contributed by atoms with Gasteiger partial charge in [-0.15, -0.1) is 11.3 Å². The Balaban J connectivity index is 1.36. The molecule has 1 aromatic heterocycles. The van der Waals surface area contributed by atoms with Crippen LogP contribution in [0.4, 0.5) is 5.69 Å².